The van der Waals surface area contributed by atoms with Gasteiger partial charge < -0.3 is 20.3 Å². The Balaban J connectivity index is 0.00000364. The van der Waals surface area contributed by atoms with Crippen molar-refractivity contribution in [3.8, 4) is 5.75 Å². The number of halogens is 4. The number of ether oxygens (including phenoxy) is 1. The Morgan fingerprint density at radius 2 is 1.96 bits per heavy atom. The van der Waals surface area contributed by atoms with Crippen LogP contribution in [-0.2, 0) is 6.42 Å². The lowest BCUT2D eigenvalue weighted by Gasteiger charge is -2.10. The Bertz CT molecular complexity index is 732. The molecule has 2 aromatic rings. The second-order valence-corrected chi connectivity index (χ2v) is 5.77. The van der Waals surface area contributed by atoms with Gasteiger partial charge in [0.15, 0.2) is 11.8 Å². The number of hydrogen-bond donors (Lipinski definition) is 2. The third-order valence-corrected chi connectivity index (χ3v) is 3.19. The molecule has 150 valence electrons. The van der Waals surface area contributed by atoms with Crippen LogP contribution in [0.2, 0.25) is 0 Å². The fraction of sp³-hybridized carbons (Fsp3) is 0.438. The summed E-state index contributed by atoms with van der Waals surface area (Å²) in [7, 11) is 0. The minimum absolute atomic E-state index is 0. The first-order chi connectivity index (χ1) is 12.2. The predicted octanol–water partition coefficient (Wildman–Crippen LogP) is 4.07. The molecule has 1 aromatic heterocycles. The fourth-order valence-corrected chi connectivity index (χ4v) is 1.96. The molecular weight excluding hydrogens is 478 g/mol. The normalized spacial score (nSPS) is 12.0. The molecule has 0 amide bonds. The van der Waals surface area contributed by atoms with Crippen LogP contribution < -0.4 is 15.8 Å². The van der Waals surface area contributed by atoms with E-state index in [4.69, 9.17) is 10.3 Å². The number of aromatic nitrogens is 2. The van der Waals surface area contributed by atoms with E-state index in [2.05, 4.69) is 25.2 Å². The molecule has 0 bridgehead atoms. The van der Waals surface area contributed by atoms with Gasteiger partial charge in [-0.05, 0) is 30.7 Å². The number of nitrogens with two attached hydrogens (primary N) is 1. The van der Waals surface area contributed by atoms with Crippen LogP contribution in [0.4, 0.5) is 18.9 Å². The van der Waals surface area contributed by atoms with Crippen molar-refractivity contribution in [3.63, 3.8) is 0 Å². The highest BCUT2D eigenvalue weighted by Crippen LogP contribution is 2.23. The second kappa shape index (κ2) is 10.3. The number of alkyl halides is 3. The van der Waals surface area contributed by atoms with Gasteiger partial charge in [0.05, 0.1) is 0 Å². The molecule has 0 aliphatic rings. The molecule has 0 fully saturated rings. The van der Waals surface area contributed by atoms with Gasteiger partial charge in [0, 0.05) is 24.6 Å². The summed E-state index contributed by atoms with van der Waals surface area (Å²) in [4.78, 5) is 8.40. The monoisotopic (exact) mass is 499 g/mol. The summed E-state index contributed by atoms with van der Waals surface area (Å²) in [5.74, 6) is 1.28. The first-order valence-electron chi connectivity index (χ1n) is 7.98. The smallest absolute Gasteiger partial charge is 0.406 e. The van der Waals surface area contributed by atoms with Crippen molar-refractivity contribution < 1.29 is 22.4 Å². The van der Waals surface area contributed by atoms with E-state index in [-0.39, 0.29) is 41.6 Å². The molecule has 27 heavy (non-hydrogen) atoms. The van der Waals surface area contributed by atoms with E-state index in [0.717, 1.165) is 0 Å². The molecule has 7 nitrogen and oxygen atoms in total. The van der Waals surface area contributed by atoms with Crippen LogP contribution in [0.3, 0.4) is 0 Å². The predicted molar refractivity (Wildman–Crippen MR) is 105 cm³/mol. The number of aryl methyl sites for hydroxylation is 1. The zero-order valence-corrected chi connectivity index (χ0v) is 17.1. The molecule has 2 rings (SSSR count). The van der Waals surface area contributed by atoms with Crippen LogP contribution in [0.15, 0.2) is 33.8 Å². The van der Waals surface area contributed by atoms with Gasteiger partial charge in [0.1, 0.15) is 5.75 Å². The van der Waals surface area contributed by atoms with Crippen molar-refractivity contribution in [1.29, 1.82) is 0 Å². The molecule has 0 radical (unpaired) electrons. The Kier molecular flexibility index (Phi) is 8.79. The van der Waals surface area contributed by atoms with E-state index in [1.54, 1.807) is 0 Å². The van der Waals surface area contributed by atoms with Crippen LogP contribution in [-0.4, -0.2) is 29.0 Å². The average Bonchev–Trinajstić information content (AvgIpc) is 3.01. The van der Waals surface area contributed by atoms with Crippen LogP contribution >= 0.6 is 24.0 Å². The molecule has 0 unspecified atom stereocenters. The molecule has 0 saturated heterocycles. The quantitative estimate of drug-likeness (QED) is 0.258. The first kappa shape index (κ1) is 23.0. The molecule has 11 heteroatoms. The standard InChI is InChI=1S/C16H20F3N5O2.HI/c1-10(2)14-23-13(26-24-14)4-3-9-21-15(20)22-11-5-7-12(8-6-11)25-16(17,18)19;/h5-8,10H,3-4,9H2,1-2H3,(H3,20,21,22);1H. The number of hydrogen-bond acceptors (Lipinski definition) is 5. The molecule has 0 saturated carbocycles. The number of aliphatic imine (C=N–C) groups is 1. The topological polar surface area (TPSA) is 98.6 Å². The minimum atomic E-state index is -4.72. The van der Waals surface area contributed by atoms with Gasteiger partial charge in [-0.15, -0.1) is 37.1 Å². The summed E-state index contributed by atoms with van der Waals surface area (Å²) in [5, 5.41) is 6.66. The van der Waals surface area contributed by atoms with Gasteiger partial charge in [-0.1, -0.05) is 19.0 Å². The fourth-order valence-electron chi connectivity index (χ4n) is 1.96. The maximum atomic E-state index is 12.1. The molecule has 0 atom stereocenters. The van der Waals surface area contributed by atoms with Crippen molar-refractivity contribution in [1.82, 2.24) is 10.1 Å². The average molecular weight is 499 g/mol. The third-order valence-electron chi connectivity index (χ3n) is 3.19. The number of nitrogens with zero attached hydrogens (tertiary/aromatic N) is 3. The highest BCUT2D eigenvalue weighted by Gasteiger charge is 2.30. The molecule has 1 aromatic carbocycles. The minimum Gasteiger partial charge on any atom is -0.406 e. The summed E-state index contributed by atoms with van der Waals surface area (Å²) in [6.07, 6.45) is -3.47. The lowest BCUT2D eigenvalue weighted by molar-refractivity contribution is -0.274. The van der Waals surface area contributed by atoms with E-state index in [9.17, 15) is 13.2 Å². The Morgan fingerprint density at radius 1 is 1.30 bits per heavy atom. The van der Waals surface area contributed by atoms with Crippen LogP contribution in [0.1, 0.15) is 37.9 Å². The molecule has 3 N–H and O–H groups in total. The molecule has 1 heterocycles. The summed E-state index contributed by atoms with van der Waals surface area (Å²) in [5.41, 5.74) is 6.24. The molecule has 0 aliphatic carbocycles. The van der Waals surface area contributed by atoms with Gasteiger partial charge in [-0.2, -0.15) is 4.98 Å². The van der Waals surface area contributed by atoms with E-state index in [1.807, 2.05) is 13.8 Å². The lowest BCUT2D eigenvalue weighted by atomic mass is 10.2. The molecular formula is C16H21F3IN5O2. The number of benzene rings is 1. The highest BCUT2D eigenvalue weighted by atomic mass is 127. The SMILES string of the molecule is CC(C)c1noc(CCCN=C(N)Nc2ccc(OC(F)(F)F)cc2)n1.I. The van der Waals surface area contributed by atoms with Gasteiger partial charge in [0.25, 0.3) is 0 Å². The lowest BCUT2D eigenvalue weighted by Crippen LogP contribution is -2.23. The third kappa shape index (κ3) is 8.45. The van der Waals surface area contributed by atoms with Gasteiger partial charge in [-0.3, -0.25) is 4.99 Å². The first-order valence-corrected chi connectivity index (χ1v) is 7.98. The van der Waals surface area contributed by atoms with E-state index < -0.39 is 6.36 Å². The van der Waals surface area contributed by atoms with E-state index in [0.29, 0.717) is 36.8 Å². The molecule has 0 aliphatic heterocycles. The maximum absolute atomic E-state index is 12.1. The van der Waals surface area contributed by atoms with Gasteiger partial charge >= 0.3 is 6.36 Å². The Hall–Kier alpha value is -2.05. The zero-order chi connectivity index (χ0) is 19.2. The summed E-state index contributed by atoms with van der Waals surface area (Å²) in [6, 6.07) is 5.20. The van der Waals surface area contributed by atoms with Crippen LogP contribution in [0.25, 0.3) is 0 Å². The van der Waals surface area contributed by atoms with Crippen molar-refractivity contribution in [2.75, 3.05) is 11.9 Å². The van der Waals surface area contributed by atoms with E-state index >= 15 is 0 Å². The summed E-state index contributed by atoms with van der Waals surface area (Å²) >= 11 is 0. The summed E-state index contributed by atoms with van der Waals surface area (Å²) < 4.78 is 45.2. The van der Waals surface area contributed by atoms with Crippen molar-refractivity contribution in [3.05, 3.63) is 36.0 Å². The van der Waals surface area contributed by atoms with Crippen molar-refractivity contribution >= 4 is 35.6 Å². The number of nitrogens with one attached hydrogen (secondary N) is 1. The van der Waals surface area contributed by atoms with Crippen LogP contribution in [0, 0.1) is 0 Å². The summed E-state index contributed by atoms with van der Waals surface area (Å²) in [6.45, 7) is 4.40. The largest absolute Gasteiger partial charge is 0.573 e. The van der Waals surface area contributed by atoms with Gasteiger partial charge in [0.2, 0.25) is 5.89 Å². The van der Waals surface area contributed by atoms with Crippen molar-refractivity contribution in [2.24, 2.45) is 10.7 Å². The highest BCUT2D eigenvalue weighted by molar-refractivity contribution is 14.0. The van der Waals surface area contributed by atoms with Crippen molar-refractivity contribution in [2.45, 2.75) is 39.0 Å². The maximum Gasteiger partial charge on any atom is 0.573 e. The second-order valence-electron chi connectivity index (χ2n) is 5.77. The Morgan fingerprint density at radius 3 is 2.52 bits per heavy atom. The number of guanidine groups is 1. The molecule has 0 spiro atoms. The van der Waals surface area contributed by atoms with E-state index in [1.165, 1.54) is 24.3 Å². The van der Waals surface area contributed by atoms with Gasteiger partial charge in [-0.25, -0.2) is 0 Å². The zero-order valence-electron chi connectivity index (χ0n) is 14.8. The van der Waals surface area contributed by atoms with Crippen LogP contribution in [0.5, 0.6) is 5.75 Å². The number of anilines is 1. The Labute approximate surface area is 171 Å². The number of rotatable bonds is 7.